The number of piperazine rings is 1. The molecule has 1 aliphatic heterocycles. The molecule has 1 atom stereocenters. The molecule has 6 nitrogen and oxygen atoms in total. The summed E-state index contributed by atoms with van der Waals surface area (Å²) < 4.78 is 5.17. The van der Waals surface area contributed by atoms with Crippen LogP contribution in [0.15, 0.2) is 54.6 Å². The molecule has 2 amide bonds. The van der Waals surface area contributed by atoms with E-state index in [0.717, 1.165) is 18.8 Å². The van der Waals surface area contributed by atoms with E-state index in [0.29, 0.717) is 23.7 Å². The second kappa shape index (κ2) is 8.77. The Bertz CT molecular complexity index is 792. The van der Waals surface area contributed by atoms with Crippen LogP contribution in [0.25, 0.3) is 0 Å². The number of carbonyl (C=O) groups is 2. The van der Waals surface area contributed by atoms with Gasteiger partial charge in [0.2, 0.25) is 5.91 Å². The summed E-state index contributed by atoms with van der Waals surface area (Å²) in [6, 6.07) is 17.1. The van der Waals surface area contributed by atoms with E-state index in [1.54, 1.807) is 29.2 Å². The van der Waals surface area contributed by atoms with Gasteiger partial charge in [0.05, 0.1) is 6.42 Å². The molecule has 2 aromatic carbocycles. The summed E-state index contributed by atoms with van der Waals surface area (Å²) in [6.45, 7) is 2.73. The third-order valence-corrected chi connectivity index (χ3v) is 4.97. The number of carbonyl (C=O) groups excluding carboxylic acids is 2. The van der Waals surface area contributed by atoms with E-state index in [-0.39, 0.29) is 12.3 Å². The minimum atomic E-state index is -0.929. The van der Waals surface area contributed by atoms with Gasteiger partial charge in [0.25, 0.3) is 0 Å². The Hall–Kier alpha value is -2.73. The molecule has 1 aliphatic rings. The van der Waals surface area contributed by atoms with Crippen molar-refractivity contribution in [3.8, 4) is 0 Å². The Morgan fingerprint density at radius 2 is 1.63 bits per heavy atom. The topological polar surface area (TPSA) is 75.9 Å². The lowest BCUT2D eigenvalue weighted by molar-refractivity contribution is -0.133. The summed E-state index contributed by atoms with van der Waals surface area (Å²) in [7, 11) is 0. The fourth-order valence-electron chi connectivity index (χ4n) is 3.23. The molecule has 0 radical (unpaired) electrons. The molecule has 27 heavy (non-hydrogen) atoms. The lowest BCUT2D eigenvalue weighted by atomic mass is 10.1. The molecular formula is C20H22ClN3O3. The van der Waals surface area contributed by atoms with Gasteiger partial charge in [-0.2, -0.15) is 0 Å². The maximum absolute atomic E-state index is 12.8. The van der Waals surface area contributed by atoms with Crippen molar-refractivity contribution in [3.05, 3.63) is 65.2 Å². The average Bonchev–Trinajstić information content (AvgIpc) is 2.68. The van der Waals surface area contributed by atoms with Gasteiger partial charge in [0.1, 0.15) is 6.10 Å². The number of primary amides is 1. The van der Waals surface area contributed by atoms with Crippen LogP contribution in [0.5, 0.6) is 0 Å². The van der Waals surface area contributed by atoms with Crippen molar-refractivity contribution in [2.45, 2.75) is 12.5 Å². The van der Waals surface area contributed by atoms with E-state index in [1.165, 1.54) is 0 Å². The molecule has 0 aromatic heterocycles. The number of hydrogen-bond acceptors (Lipinski definition) is 4. The third-order valence-electron chi connectivity index (χ3n) is 4.62. The molecule has 1 unspecified atom stereocenters. The van der Waals surface area contributed by atoms with Crippen LogP contribution < -0.4 is 10.6 Å². The Morgan fingerprint density at radius 1 is 1.00 bits per heavy atom. The molecule has 142 valence electrons. The highest BCUT2D eigenvalue weighted by atomic mass is 35.5. The number of halogens is 1. The zero-order valence-electron chi connectivity index (χ0n) is 14.9. The number of nitrogens with zero attached hydrogens (tertiary/aromatic N) is 2. The molecule has 7 heteroatoms. The zero-order valence-corrected chi connectivity index (χ0v) is 15.6. The molecule has 0 spiro atoms. The van der Waals surface area contributed by atoms with E-state index in [1.807, 2.05) is 18.2 Å². The lowest BCUT2D eigenvalue weighted by Crippen LogP contribution is -2.49. The Labute approximate surface area is 163 Å². The summed E-state index contributed by atoms with van der Waals surface area (Å²) in [4.78, 5) is 28.1. The van der Waals surface area contributed by atoms with E-state index in [4.69, 9.17) is 22.1 Å². The highest BCUT2D eigenvalue weighted by Crippen LogP contribution is 2.29. The molecule has 0 saturated carbocycles. The molecule has 2 aromatic rings. The van der Waals surface area contributed by atoms with Crippen LogP contribution in [0.3, 0.4) is 0 Å². The van der Waals surface area contributed by atoms with Crippen LogP contribution in [0.2, 0.25) is 5.02 Å². The number of ether oxygens (including phenoxy) is 1. The van der Waals surface area contributed by atoms with E-state index in [9.17, 15) is 9.59 Å². The normalized spacial score (nSPS) is 15.3. The van der Waals surface area contributed by atoms with Gasteiger partial charge in [0, 0.05) is 42.5 Å². The van der Waals surface area contributed by atoms with Crippen LogP contribution in [-0.4, -0.2) is 43.1 Å². The largest absolute Gasteiger partial charge is 0.441 e. The highest BCUT2D eigenvalue weighted by Gasteiger charge is 2.27. The van der Waals surface area contributed by atoms with Crippen molar-refractivity contribution in [2.24, 2.45) is 5.73 Å². The quantitative estimate of drug-likeness (QED) is 0.854. The molecule has 2 N–H and O–H groups in total. The Kier molecular flexibility index (Phi) is 6.19. The van der Waals surface area contributed by atoms with Gasteiger partial charge in [-0.15, -0.1) is 0 Å². The van der Waals surface area contributed by atoms with Gasteiger partial charge in [-0.05, 0) is 18.2 Å². The third kappa shape index (κ3) is 4.92. The summed E-state index contributed by atoms with van der Waals surface area (Å²) in [5.74, 6) is -0.0890. The average molecular weight is 388 g/mol. The van der Waals surface area contributed by atoms with Crippen LogP contribution in [0.1, 0.15) is 18.1 Å². The lowest BCUT2D eigenvalue weighted by Gasteiger charge is -2.36. The van der Waals surface area contributed by atoms with E-state index in [2.05, 4.69) is 17.0 Å². The molecule has 0 aliphatic carbocycles. The first-order chi connectivity index (χ1) is 13.0. The van der Waals surface area contributed by atoms with Crippen LogP contribution in [-0.2, 0) is 9.53 Å². The van der Waals surface area contributed by atoms with Gasteiger partial charge in [-0.1, -0.05) is 48.0 Å². The number of anilines is 1. The Balaban J connectivity index is 1.63. The number of para-hydroxylation sites is 1. The minimum Gasteiger partial charge on any atom is -0.441 e. The monoisotopic (exact) mass is 387 g/mol. The number of hydrogen-bond donors (Lipinski definition) is 1. The van der Waals surface area contributed by atoms with Gasteiger partial charge in [0.15, 0.2) is 0 Å². The standard InChI is InChI=1S/C20H22ClN3O3/c21-17-9-5-4-8-16(17)18(27-20(22)26)14-19(25)24-12-10-23(11-13-24)15-6-2-1-3-7-15/h1-9,18H,10-14H2,(H2,22,26). The van der Waals surface area contributed by atoms with E-state index >= 15 is 0 Å². The predicted molar refractivity (Wildman–Crippen MR) is 105 cm³/mol. The van der Waals surface area contributed by atoms with Gasteiger partial charge in [-0.25, -0.2) is 4.79 Å². The maximum Gasteiger partial charge on any atom is 0.405 e. The number of amides is 2. The van der Waals surface area contributed by atoms with Crippen LogP contribution >= 0.6 is 11.6 Å². The zero-order chi connectivity index (χ0) is 19.2. The van der Waals surface area contributed by atoms with Crippen LogP contribution in [0.4, 0.5) is 10.5 Å². The number of benzene rings is 2. The first-order valence-corrected chi connectivity index (χ1v) is 9.20. The minimum absolute atomic E-state index is 0.0119. The second-order valence-electron chi connectivity index (χ2n) is 6.35. The predicted octanol–water partition coefficient (Wildman–Crippen LogP) is 3.22. The maximum atomic E-state index is 12.8. The molecule has 1 heterocycles. The van der Waals surface area contributed by atoms with Crippen molar-refractivity contribution in [2.75, 3.05) is 31.1 Å². The van der Waals surface area contributed by atoms with Crippen molar-refractivity contribution in [3.63, 3.8) is 0 Å². The van der Waals surface area contributed by atoms with Crippen molar-refractivity contribution in [1.29, 1.82) is 0 Å². The molecular weight excluding hydrogens is 366 g/mol. The fourth-order valence-corrected chi connectivity index (χ4v) is 3.49. The summed E-state index contributed by atoms with van der Waals surface area (Å²) >= 11 is 6.19. The fraction of sp³-hybridized carbons (Fsp3) is 0.300. The number of nitrogens with two attached hydrogens (primary N) is 1. The summed E-state index contributed by atoms with van der Waals surface area (Å²) in [5.41, 5.74) is 6.91. The first-order valence-electron chi connectivity index (χ1n) is 8.83. The Morgan fingerprint density at radius 3 is 2.26 bits per heavy atom. The van der Waals surface area contributed by atoms with Gasteiger partial charge in [-0.3, -0.25) is 4.79 Å². The van der Waals surface area contributed by atoms with Gasteiger partial charge >= 0.3 is 6.09 Å². The second-order valence-corrected chi connectivity index (χ2v) is 6.76. The molecule has 3 rings (SSSR count). The van der Waals surface area contributed by atoms with Crippen molar-refractivity contribution < 1.29 is 14.3 Å². The summed E-state index contributed by atoms with van der Waals surface area (Å²) in [6.07, 6.45) is -1.71. The molecule has 1 fully saturated rings. The smallest absolute Gasteiger partial charge is 0.405 e. The van der Waals surface area contributed by atoms with Crippen molar-refractivity contribution >= 4 is 29.3 Å². The first kappa shape index (κ1) is 19.0. The van der Waals surface area contributed by atoms with Gasteiger partial charge < -0.3 is 20.3 Å². The number of rotatable bonds is 5. The van der Waals surface area contributed by atoms with Crippen molar-refractivity contribution in [1.82, 2.24) is 4.90 Å². The SMILES string of the molecule is NC(=O)OC(CC(=O)N1CCN(c2ccccc2)CC1)c1ccccc1Cl. The summed E-state index contributed by atoms with van der Waals surface area (Å²) in [5, 5.41) is 0.436. The molecule has 1 saturated heterocycles. The molecule has 0 bridgehead atoms. The highest BCUT2D eigenvalue weighted by molar-refractivity contribution is 6.31. The van der Waals surface area contributed by atoms with E-state index < -0.39 is 12.2 Å². The van der Waals surface area contributed by atoms with Crippen LogP contribution in [0, 0.1) is 0 Å².